The summed E-state index contributed by atoms with van der Waals surface area (Å²) < 4.78 is 26.5. The van der Waals surface area contributed by atoms with Gasteiger partial charge in [0.25, 0.3) is 0 Å². The van der Waals surface area contributed by atoms with Crippen molar-refractivity contribution in [1.82, 2.24) is 0 Å². The van der Waals surface area contributed by atoms with Gasteiger partial charge in [0.05, 0.1) is 0 Å². The molecule has 0 aliphatic heterocycles. The van der Waals surface area contributed by atoms with Crippen molar-refractivity contribution in [2.45, 2.75) is 33.4 Å². The average molecular weight is 319 g/mol. The summed E-state index contributed by atoms with van der Waals surface area (Å²) in [5, 5.41) is 10.5. The molecule has 0 amide bonds. The van der Waals surface area contributed by atoms with Gasteiger partial charge in [-0.25, -0.2) is 8.78 Å². The number of rotatable bonds is 5. The second kappa shape index (κ2) is 7.09. The van der Waals surface area contributed by atoms with Crippen molar-refractivity contribution in [2.75, 3.05) is 11.9 Å². The van der Waals surface area contributed by atoms with Crippen LogP contribution in [-0.4, -0.2) is 18.4 Å². The van der Waals surface area contributed by atoms with E-state index < -0.39 is 17.9 Å². The van der Waals surface area contributed by atoms with Crippen LogP contribution in [0.3, 0.4) is 0 Å². The summed E-state index contributed by atoms with van der Waals surface area (Å²) in [5.74, 6) is -1.36. The Hall–Kier alpha value is -1.94. The predicted octanol–water partition coefficient (Wildman–Crippen LogP) is 4.22. The Bertz CT molecular complexity index is 667. The quantitative estimate of drug-likeness (QED) is 0.834. The number of nitrogens with zero attached hydrogens (tertiary/aromatic N) is 1. The Morgan fingerprint density at radius 1 is 1.00 bits per heavy atom. The van der Waals surface area contributed by atoms with E-state index in [9.17, 15) is 13.9 Å². The van der Waals surface area contributed by atoms with Gasteiger partial charge in [0, 0.05) is 24.7 Å². The first-order valence-electron chi connectivity index (χ1n) is 7.71. The van der Waals surface area contributed by atoms with Gasteiger partial charge in [0.2, 0.25) is 0 Å². The summed E-state index contributed by atoms with van der Waals surface area (Å²) in [5.41, 5.74) is 3.81. The minimum atomic E-state index is -0.747. The summed E-state index contributed by atoms with van der Waals surface area (Å²) in [6.07, 6.45) is -0.353. The molecule has 2 rings (SSSR count). The number of benzene rings is 2. The van der Waals surface area contributed by atoms with Crippen LogP contribution in [0.2, 0.25) is 0 Å². The van der Waals surface area contributed by atoms with Crippen LogP contribution in [0.15, 0.2) is 36.4 Å². The van der Waals surface area contributed by atoms with E-state index in [0.29, 0.717) is 12.0 Å². The van der Waals surface area contributed by atoms with E-state index in [2.05, 4.69) is 0 Å². The van der Waals surface area contributed by atoms with Crippen LogP contribution in [0.5, 0.6) is 0 Å². The van der Waals surface area contributed by atoms with Gasteiger partial charge in [0.1, 0.15) is 17.9 Å². The molecule has 1 unspecified atom stereocenters. The number of halogens is 2. The standard InChI is InChI=1S/C19H23F2NO/c1-12-5-6-18(8-13(12)2)22(4)19(23)14(3)7-15-9-16(20)11-17(21)10-15/h5-6,8-11,14,19,23H,7H2,1-4H3/t14-,19?/m0/s1. The van der Waals surface area contributed by atoms with E-state index in [1.165, 1.54) is 17.7 Å². The second-order valence-corrected chi connectivity index (χ2v) is 6.25. The summed E-state index contributed by atoms with van der Waals surface area (Å²) in [7, 11) is 1.82. The number of aliphatic hydroxyl groups excluding tert-OH is 1. The van der Waals surface area contributed by atoms with Crippen LogP contribution in [0.4, 0.5) is 14.5 Å². The highest BCUT2D eigenvalue weighted by molar-refractivity contribution is 5.50. The molecular formula is C19H23F2NO. The smallest absolute Gasteiger partial charge is 0.129 e. The minimum Gasteiger partial charge on any atom is -0.373 e. The Labute approximate surface area is 136 Å². The molecule has 0 fully saturated rings. The molecule has 2 atom stereocenters. The maximum atomic E-state index is 13.3. The van der Waals surface area contributed by atoms with E-state index in [1.807, 2.05) is 46.0 Å². The van der Waals surface area contributed by atoms with Crippen molar-refractivity contribution in [2.24, 2.45) is 5.92 Å². The fourth-order valence-corrected chi connectivity index (χ4v) is 2.69. The molecular weight excluding hydrogens is 296 g/mol. The molecule has 2 aromatic carbocycles. The zero-order valence-corrected chi connectivity index (χ0v) is 14.0. The van der Waals surface area contributed by atoms with Crippen molar-refractivity contribution >= 4 is 5.69 Å². The van der Waals surface area contributed by atoms with Gasteiger partial charge in [0.15, 0.2) is 0 Å². The fourth-order valence-electron chi connectivity index (χ4n) is 2.69. The first-order chi connectivity index (χ1) is 10.8. The summed E-state index contributed by atoms with van der Waals surface area (Å²) in [6.45, 7) is 5.93. The third-order valence-electron chi connectivity index (χ3n) is 4.28. The molecule has 0 aliphatic rings. The van der Waals surface area contributed by atoms with Crippen molar-refractivity contribution in [3.05, 3.63) is 64.7 Å². The average Bonchev–Trinajstić information content (AvgIpc) is 2.47. The first kappa shape index (κ1) is 17.4. The van der Waals surface area contributed by atoms with Crippen LogP contribution < -0.4 is 4.90 Å². The lowest BCUT2D eigenvalue weighted by atomic mass is 9.98. The Morgan fingerprint density at radius 3 is 2.17 bits per heavy atom. The van der Waals surface area contributed by atoms with Gasteiger partial charge < -0.3 is 10.0 Å². The molecule has 23 heavy (non-hydrogen) atoms. The third-order valence-corrected chi connectivity index (χ3v) is 4.28. The normalized spacial score (nSPS) is 13.7. The molecule has 0 aliphatic carbocycles. The van der Waals surface area contributed by atoms with E-state index in [-0.39, 0.29) is 5.92 Å². The molecule has 0 spiro atoms. The molecule has 0 bridgehead atoms. The SMILES string of the molecule is Cc1ccc(N(C)C(O)[C@@H](C)Cc2cc(F)cc(F)c2)cc1C. The molecule has 4 heteroatoms. The highest BCUT2D eigenvalue weighted by Gasteiger charge is 2.20. The van der Waals surface area contributed by atoms with Gasteiger partial charge in [-0.15, -0.1) is 0 Å². The van der Waals surface area contributed by atoms with Gasteiger partial charge in [-0.2, -0.15) is 0 Å². The van der Waals surface area contributed by atoms with Crippen molar-refractivity contribution in [3.63, 3.8) is 0 Å². The van der Waals surface area contributed by atoms with E-state index in [1.54, 1.807) is 4.90 Å². The number of anilines is 1. The molecule has 124 valence electrons. The van der Waals surface area contributed by atoms with Crippen LogP contribution >= 0.6 is 0 Å². The van der Waals surface area contributed by atoms with Crippen LogP contribution in [0.25, 0.3) is 0 Å². The van der Waals surface area contributed by atoms with Crippen molar-refractivity contribution in [1.29, 1.82) is 0 Å². The lowest BCUT2D eigenvalue weighted by Crippen LogP contribution is -2.37. The Morgan fingerprint density at radius 2 is 1.61 bits per heavy atom. The zero-order chi connectivity index (χ0) is 17.1. The topological polar surface area (TPSA) is 23.5 Å². The largest absolute Gasteiger partial charge is 0.373 e. The van der Waals surface area contributed by atoms with E-state index >= 15 is 0 Å². The van der Waals surface area contributed by atoms with Gasteiger partial charge in [-0.1, -0.05) is 13.0 Å². The van der Waals surface area contributed by atoms with Crippen molar-refractivity contribution in [3.8, 4) is 0 Å². The number of hydrogen-bond donors (Lipinski definition) is 1. The highest BCUT2D eigenvalue weighted by Crippen LogP contribution is 2.23. The monoisotopic (exact) mass is 319 g/mol. The Kier molecular flexibility index (Phi) is 5.37. The Balaban J connectivity index is 2.11. The van der Waals surface area contributed by atoms with Crippen molar-refractivity contribution < 1.29 is 13.9 Å². The van der Waals surface area contributed by atoms with E-state index in [0.717, 1.165) is 17.3 Å². The predicted molar refractivity (Wildman–Crippen MR) is 89.6 cm³/mol. The number of aliphatic hydroxyl groups is 1. The number of aryl methyl sites for hydroxylation is 2. The zero-order valence-electron chi connectivity index (χ0n) is 14.0. The first-order valence-corrected chi connectivity index (χ1v) is 7.71. The highest BCUT2D eigenvalue weighted by atomic mass is 19.1. The van der Waals surface area contributed by atoms with Gasteiger partial charge in [-0.05, 0) is 61.2 Å². The second-order valence-electron chi connectivity index (χ2n) is 6.25. The van der Waals surface area contributed by atoms with Gasteiger partial charge >= 0.3 is 0 Å². The van der Waals surface area contributed by atoms with E-state index in [4.69, 9.17) is 0 Å². The van der Waals surface area contributed by atoms with Crippen LogP contribution in [-0.2, 0) is 6.42 Å². The molecule has 2 nitrogen and oxygen atoms in total. The molecule has 0 radical (unpaired) electrons. The van der Waals surface area contributed by atoms with Crippen LogP contribution in [0, 0.1) is 31.4 Å². The molecule has 2 aromatic rings. The summed E-state index contributed by atoms with van der Waals surface area (Å²) >= 11 is 0. The summed E-state index contributed by atoms with van der Waals surface area (Å²) in [6, 6.07) is 9.46. The maximum absolute atomic E-state index is 13.3. The minimum absolute atomic E-state index is 0.178. The third kappa shape index (κ3) is 4.29. The molecule has 1 N–H and O–H groups in total. The lowest BCUT2D eigenvalue weighted by Gasteiger charge is -2.31. The fraction of sp³-hybridized carbons (Fsp3) is 0.368. The molecule has 0 aromatic heterocycles. The van der Waals surface area contributed by atoms with Crippen LogP contribution in [0.1, 0.15) is 23.6 Å². The maximum Gasteiger partial charge on any atom is 0.129 e. The number of hydrogen-bond acceptors (Lipinski definition) is 2. The van der Waals surface area contributed by atoms with Gasteiger partial charge in [-0.3, -0.25) is 0 Å². The summed E-state index contributed by atoms with van der Waals surface area (Å²) in [4.78, 5) is 1.78. The molecule has 0 saturated carbocycles. The molecule has 0 heterocycles. The molecule has 0 saturated heterocycles. The lowest BCUT2D eigenvalue weighted by molar-refractivity contribution is 0.117.